The largest absolute Gasteiger partial charge is 0.508 e. The number of phenolic OH excluding ortho intramolecular Hbond substituents is 1. The van der Waals surface area contributed by atoms with Crippen molar-refractivity contribution in [1.82, 2.24) is 16.0 Å². The first-order valence-corrected chi connectivity index (χ1v) is 9.61. The summed E-state index contributed by atoms with van der Waals surface area (Å²) in [7, 11) is 0. The molecule has 1 aromatic rings. The Morgan fingerprint density at radius 3 is 2.20 bits per heavy atom. The van der Waals surface area contributed by atoms with E-state index < -0.39 is 54.5 Å². The van der Waals surface area contributed by atoms with Gasteiger partial charge in [0.2, 0.25) is 17.7 Å². The summed E-state index contributed by atoms with van der Waals surface area (Å²) in [6.07, 6.45) is -1.15. The summed E-state index contributed by atoms with van der Waals surface area (Å²) < 4.78 is 0. The number of carboxylic acid groups (broad SMARTS) is 1. The van der Waals surface area contributed by atoms with Gasteiger partial charge in [-0.2, -0.15) is 12.6 Å². The Kier molecular flexibility index (Phi) is 10.1. The molecule has 3 amide bonds. The predicted octanol–water partition coefficient (Wildman–Crippen LogP) is -2.26. The van der Waals surface area contributed by atoms with Crippen molar-refractivity contribution in [2.24, 2.45) is 5.73 Å². The number of aliphatic hydroxyl groups is 1. The van der Waals surface area contributed by atoms with Crippen molar-refractivity contribution in [1.29, 1.82) is 0 Å². The van der Waals surface area contributed by atoms with Crippen LogP contribution in [-0.4, -0.2) is 75.5 Å². The topological polar surface area (TPSA) is 191 Å². The van der Waals surface area contributed by atoms with Gasteiger partial charge in [0.1, 0.15) is 17.8 Å². The normalized spacial score (nSPS) is 14.7. The van der Waals surface area contributed by atoms with Crippen molar-refractivity contribution in [3.8, 4) is 5.75 Å². The second kappa shape index (κ2) is 12.0. The molecule has 0 aliphatic rings. The Labute approximate surface area is 178 Å². The second-order valence-electron chi connectivity index (χ2n) is 6.56. The number of phenols is 1. The number of carboxylic acids is 1. The van der Waals surface area contributed by atoms with Crippen LogP contribution < -0.4 is 21.7 Å². The van der Waals surface area contributed by atoms with Gasteiger partial charge >= 0.3 is 5.97 Å². The number of aliphatic carboxylic acids is 1. The third-order valence-corrected chi connectivity index (χ3v) is 4.40. The number of amides is 3. The lowest BCUT2D eigenvalue weighted by Gasteiger charge is -2.23. The minimum atomic E-state index is -1.43. The van der Waals surface area contributed by atoms with Gasteiger partial charge < -0.3 is 37.0 Å². The van der Waals surface area contributed by atoms with Crippen molar-refractivity contribution >= 4 is 36.3 Å². The zero-order chi connectivity index (χ0) is 22.8. The lowest BCUT2D eigenvalue weighted by molar-refractivity contribution is -0.142. The summed E-state index contributed by atoms with van der Waals surface area (Å²) in [4.78, 5) is 47.3. The highest BCUT2D eigenvalue weighted by molar-refractivity contribution is 7.80. The smallest absolute Gasteiger partial charge is 0.327 e. The van der Waals surface area contributed by atoms with Crippen LogP contribution in [0.25, 0.3) is 0 Å². The van der Waals surface area contributed by atoms with E-state index in [4.69, 9.17) is 10.8 Å². The van der Waals surface area contributed by atoms with Gasteiger partial charge in [0.05, 0.1) is 18.7 Å². The Bertz CT molecular complexity index is 757. The number of benzene rings is 1. The highest BCUT2D eigenvalue weighted by Crippen LogP contribution is 2.10. The third kappa shape index (κ3) is 8.27. The van der Waals surface area contributed by atoms with E-state index in [9.17, 15) is 29.4 Å². The molecule has 4 unspecified atom stereocenters. The van der Waals surface area contributed by atoms with Crippen molar-refractivity contribution in [3.05, 3.63) is 29.8 Å². The maximum Gasteiger partial charge on any atom is 0.327 e. The number of carbonyl (C=O) groups is 4. The molecule has 0 heterocycles. The molecule has 0 saturated carbocycles. The van der Waals surface area contributed by atoms with E-state index in [2.05, 4.69) is 28.6 Å². The van der Waals surface area contributed by atoms with Crippen LogP contribution in [0.15, 0.2) is 24.3 Å². The van der Waals surface area contributed by atoms with Gasteiger partial charge in [0.15, 0.2) is 0 Å². The molecule has 11 nitrogen and oxygen atoms in total. The number of carbonyl (C=O) groups excluding carboxylic acids is 3. The number of thiol groups is 1. The van der Waals surface area contributed by atoms with Crippen LogP contribution in [-0.2, 0) is 25.6 Å². The molecule has 0 spiro atoms. The zero-order valence-corrected chi connectivity index (χ0v) is 17.1. The molecule has 30 heavy (non-hydrogen) atoms. The molecule has 12 heteroatoms. The Hall–Kier alpha value is -2.83. The number of nitrogens with one attached hydrogen (secondary N) is 3. The minimum absolute atomic E-state index is 0.0780. The zero-order valence-electron chi connectivity index (χ0n) is 16.2. The van der Waals surface area contributed by atoms with Crippen LogP contribution in [0.2, 0.25) is 0 Å². The van der Waals surface area contributed by atoms with Crippen molar-refractivity contribution < 1.29 is 34.5 Å². The number of hydrogen-bond acceptors (Lipinski definition) is 8. The van der Waals surface area contributed by atoms with E-state index in [1.54, 1.807) is 12.1 Å². The molecule has 0 saturated heterocycles. The molecule has 8 N–H and O–H groups in total. The SMILES string of the molecule is CC(O)C(NC(=O)CNC(=O)C(N)Cc1ccc(O)cc1)C(=O)NC(CS)C(=O)O. The third-order valence-electron chi connectivity index (χ3n) is 4.03. The molecule has 0 aromatic heterocycles. The Morgan fingerprint density at radius 2 is 1.70 bits per heavy atom. The van der Waals surface area contributed by atoms with Crippen molar-refractivity contribution in [2.75, 3.05) is 12.3 Å². The fourth-order valence-electron chi connectivity index (χ4n) is 2.35. The van der Waals surface area contributed by atoms with Gasteiger partial charge in [-0.05, 0) is 31.0 Å². The van der Waals surface area contributed by atoms with Gasteiger partial charge in [-0.25, -0.2) is 4.79 Å². The quantitative estimate of drug-likeness (QED) is 0.176. The molecular formula is C18H26N4O7S. The average Bonchev–Trinajstić information content (AvgIpc) is 2.69. The summed E-state index contributed by atoms with van der Waals surface area (Å²) in [6.45, 7) is 0.737. The summed E-state index contributed by atoms with van der Waals surface area (Å²) >= 11 is 3.82. The highest BCUT2D eigenvalue weighted by atomic mass is 32.1. The second-order valence-corrected chi connectivity index (χ2v) is 6.93. The van der Waals surface area contributed by atoms with Crippen LogP contribution in [0, 0.1) is 0 Å². The minimum Gasteiger partial charge on any atom is -0.508 e. The molecule has 1 aromatic carbocycles. The van der Waals surface area contributed by atoms with E-state index in [0.29, 0.717) is 5.56 Å². The van der Waals surface area contributed by atoms with Crippen molar-refractivity contribution in [3.63, 3.8) is 0 Å². The molecule has 4 atom stereocenters. The van der Waals surface area contributed by atoms with E-state index in [-0.39, 0.29) is 17.9 Å². The molecule has 0 fully saturated rings. The molecule has 166 valence electrons. The molecule has 0 radical (unpaired) electrons. The van der Waals surface area contributed by atoms with Crippen LogP contribution in [0.3, 0.4) is 0 Å². The van der Waals surface area contributed by atoms with Gasteiger partial charge in [0.25, 0.3) is 0 Å². The van der Waals surface area contributed by atoms with Gasteiger partial charge in [-0.15, -0.1) is 0 Å². The standard InChI is InChI=1S/C18H26N4O7S/c1-9(23)15(17(27)21-13(8-30)18(28)29)22-14(25)7-20-16(26)12(19)6-10-2-4-11(24)5-3-10/h2-5,9,12-13,15,23-24,30H,6-8,19H2,1H3,(H,20,26)(H,21,27)(H,22,25)(H,28,29). The summed E-state index contributed by atoms with van der Waals surface area (Å²) in [5, 5.41) is 34.7. The number of hydrogen-bond donors (Lipinski definition) is 8. The monoisotopic (exact) mass is 442 g/mol. The highest BCUT2D eigenvalue weighted by Gasteiger charge is 2.29. The van der Waals surface area contributed by atoms with E-state index >= 15 is 0 Å². The molecule has 0 aliphatic heterocycles. The molecular weight excluding hydrogens is 416 g/mol. The van der Waals surface area contributed by atoms with Gasteiger partial charge in [-0.1, -0.05) is 12.1 Å². The first kappa shape index (κ1) is 25.2. The Balaban J connectivity index is 2.56. The van der Waals surface area contributed by atoms with Gasteiger partial charge in [-0.3, -0.25) is 14.4 Å². The van der Waals surface area contributed by atoms with Crippen LogP contribution in [0.5, 0.6) is 5.75 Å². The number of aromatic hydroxyl groups is 1. The van der Waals surface area contributed by atoms with Gasteiger partial charge in [0, 0.05) is 5.75 Å². The number of aliphatic hydroxyl groups excluding tert-OH is 1. The summed E-state index contributed by atoms with van der Waals surface area (Å²) in [5.74, 6) is -3.72. The lowest BCUT2D eigenvalue weighted by Crippen LogP contribution is -2.57. The first-order chi connectivity index (χ1) is 14.0. The van der Waals surface area contributed by atoms with Crippen LogP contribution in [0.1, 0.15) is 12.5 Å². The first-order valence-electron chi connectivity index (χ1n) is 8.97. The summed E-state index contributed by atoms with van der Waals surface area (Å²) in [5.41, 5.74) is 6.51. The number of rotatable bonds is 11. The van der Waals surface area contributed by atoms with E-state index in [1.807, 2.05) is 0 Å². The van der Waals surface area contributed by atoms with E-state index in [0.717, 1.165) is 0 Å². The van der Waals surface area contributed by atoms with E-state index in [1.165, 1.54) is 19.1 Å². The maximum atomic E-state index is 12.2. The molecule has 0 aliphatic carbocycles. The fourth-order valence-corrected chi connectivity index (χ4v) is 2.60. The van der Waals surface area contributed by atoms with Crippen molar-refractivity contribution in [2.45, 2.75) is 37.6 Å². The number of nitrogens with two attached hydrogens (primary N) is 1. The Morgan fingerprint density at radius 1 is 1.10 bits per heavy atom. The predicted molar refractivity (Wildman–Crippen MR) is 110 cm³/mol. The lowest BCUT2D eigenvalue weighted by atomic mass is 10.1. The fraction of sp³-hybridized carbons (Fsp3) is 0.444. The maximum absolute atomic E-state index is 12.2. The molecule has 0 bridgehead atoms. The average molecular weight is 442 g/mol. The van der Waals surface area contributed by atoms with Crippen LogP contribution >= 0.6 is 12.6 Å². The van der Waals surface area contributed by atoms with Crippen LogP contribution in [0.4, 0.5) is 0 Å². The molecule has 1 rings (SSSR count). The summed E-state index contributed by atoms with van der Waals surface area (Å²) in [6, 6.07) is 2.45.